The largest absolute Gasteiger partial charge is 0.381 e. The molecule has 132 valence electrons. The molecule has 0 aliphatic carbocycles. The number of aromatic nitrogens is 2. The number of hydrogen-bond donors (Lipinski definition) is 0. The number of benzene rings is 1. The van der Waals surface area contributed by atoms with E-state index in [1.807, 2.05) is 17.0 Å². The lowest BCUT2D eigenvalue weighted by molar-refractivity contribution is -0.133. The Kier molecular flexibility index (Phi) is 4.78. The highest BCUT2D eigenvalue weighted by Crippen LogP contribution is 2.25. The van der Waals surface area contributed by atoms with Crippen molar-refractivity contribution in [2.45, 2.75) is 19.3 Å². The molecular formula is C19H24N4O2. The second kappa shape index (κ2) is 7.35. The molecule has 2 aliphatic rings. The molecule has 2 aliphatic heterocycles. The summed E-state index contributed by atoms with van der Waals surface area (Å²) in [5, 5.41) is 10.7. The van der Waals surface area contributed by atoms with E-state index in [0.29, 0.717) is 12.3 Å². The number of piperazine rings is 1. The third-order valence-electron chi connectivity index (χ3n) is 5.29. The van der Waals surface area contributed by atoms with Crippen LogP contribution in [0.3, 0.4) is 0 Å². The van der Waals surface area contributed by atoms with Gasteiger partial charge in [0.1, 0.15) is 0 Å². The Hall–Kier alpha value is -2.21. The average molecular weight is 340 g/mol. The zero-order valence-corrected chi connectivity index (χ0v) is 14.4. The molecule has 6 heteroatoms. The Bertz CT molecular complexity index is 732. The quantitative estimate of drug-likeness (QED) is 0.856. The van der Waals surface area contributed by atoms with Crippen LogP contribution in [0, 0.1) is 5.92 Å². The van der Waals surface area contributed by atoms with Gasteiger partial charge in [0.05, 0.1) is 6.20 Å². The number of ether oxygens (including phenoxy) is 1. The average Bonchev–Trinajstić information content (AvgIpc) is 2.68. The number of carbonyl (C=O) groups excluding carboxylic acids is 1. The number of fused-ring (bicyclic) bond motifs is 1. The predicted molar refractivity (Wildman–Crippen MR) is 96.5 cm³/mol. The van der Waals surface area contributed by atoms with Gasteiger partial charge in [0.15, 0.2) is 5.82 Å². The normalized spacial score (nSPS) is 19.4. The van der Waals surface area contributed by atoms with E-state index in [2.05, 4.69) is 27.2 Å². The van der Waals surface area contributed by atoms with Gasteiger partial charge in [-0.05, 0) is 18.8 Å². The van der Waals surface area contributed by atoms with Crippen LogP contribution in [0.1, 0.15) is 19.3 Å². The Morgan fingerprint density at radius 2 is 1.88 bits per heavy atom. The maximum atomic E-state index is 12.6. The standard InChI is InChI=1S/C19H24N4O2/c24-18(13-15-5-11-25-12-6-15)22-7-9-23(10-8-22)19-17-4-2-1-3-16(17)14-20-21-19/h1-4,14-15H,5-13H2. The minimum Gasteiger partial charge on any atom is -0.381 e. The smallest absolute Gasteiger partial charge is 0.222 e. The fourth-order valence-electron chi connectivity index (χ4n) is 3.74. The van der Waals surface area contributed by atoms with Crippen LogP contribution >= 0.6 is 0 Å². The number of amides is 1. The van der Waals surface area contributed by atoms with E-state index in [4.69, 9.17) is 4.74 Å². The molecule has 0 N–H and O–H groups in total. The van der Waals surface area contributed by atoms with Crippen molar-refractivity contribution in [2.24, 2.45) is 5.92 Å². The summed E-state index contributed by atoms with van der Waals surface area (Å²) < 4.78 is 5.38. The van der Waals surface area contributed by atoms with E-state index in [-0.39, 0.29) is 5.91 Å². The van der Waals surface area contributed by atoms with Crippen molar-refractivity contribution in [2.75, 3.05) is 44.3 Å². The minimum absolute atomic E-state index is 0.288. The summed E-state index contributed by atoms with van der Waals surface area (Å²) in [6.45, 7) is 4.72. The molecule has 6 nitrogen and oxygen atoms in total. The second-order valence-electron chi connectivity index (χ2n) is 6.88. The first-order valence-electron chi connectivity index (χ1n) is 9.12. The van der Waals surface area contributed by atoms with Gasteiger partial charge in [-0.3, -0.25) is 4.79 Å². The van der Waals surface area contributed by atoms with E-state index < -0.39 is 0 Å². The minimum atomic E-state index is 0.288. The zero-order valence-electron chi connectivity index (χ0n) is 14.4. The van der Waals surface area contributed by atoms with Crippen molar-refractivity contribution in [3.05, 3.63) is 30.5 Å². The molecule has 4 rings (SSSR count). The molecular weight excluding hydrogens is 316 g/mol. The Balaban J connectivity index is 1.38. The van der Waals surface area contributed by atoms with Crippen molar-refractivity contribution in [1.82, 2.24) is 15.1 Å². The topological polar surface area (TPSA) is 58.6 Å². The fraction of sp³-hybridized carbons (Fsp3) is 0.526. The highest BCUT2D eigenvalue weighted by Gasteiger charge is 2.25. The summed E-state index contributed by atoms with van der Waals surface area (Å²) in [4.78, 5) is 16.8. The molecule has 0 bridgehead atoms. The number of nitrogens with zero attached hydrogens (tertiary/aromatic N) is 4. The van der Waals surface area contributed by atoms with Crippen molar-refractivity contribution < 1.29 is 9.53 Å². The first-order chi connectivity index (χ1) is 12.3. The van der Waals surface area contributed by atoms with Crippen LogP contribution in [-0.2, 0) is 9.53 Å². The molecule has 0 radical (unpaired) electrons. The van der Waals surface area contributed by atoms with Gasteiger partial charge in [0.25, 0.3) is 0 Å². The first kappa shape index (κ1) is 16.3. The van der Waals surface area contributed by atoms with Crippen LogP contribution in [-0.4, -0.2) is 60.4 Å². The lowest BCUT2D eigenvalue weighted by Crippen LogP contribution is -2.49. The Labute approximate surface area is 147 Å². The molecule has 2 saturated heterocycles. The third kappa shape index (κ3) is 3.58. The van der Waals surface area contributed by atoms with Crippen LogP contribution < -0.4 is 4.90 Å². The van der Waals surface area contributed by atoms with Crippen molar-refractivity contribution >= 4 is 22.5 Å². The van der Waals surface area contributed by atoms with Crippen LogP contribution in [0.25, 0.3) is 10.8 Å². The summed E-state index contributed by atoms with van der Waals surface area (Å²) in [7, 11) is 0. The van der Waals surface area contributed by atoms with Crippen LogP contribution in [0.5, 0.6) is 0 Å². The fourth-order valence-corrected chi connectivity index (χ4v) is 3.74. The van der Waals surface area contributed by atoms with Crippen molar-refractivity contribution in [3.63, 3.8) is 0 Å². The van der Waals surface area contributed by atoms with E-state index in [1.54, 1.807) is 6.20 Å². The molecule has 0 spiro atoms. The van der Waals surface area contributed by atoms with Gasteiger partial charge in [-0.25, -0.2) is 0 Å². The Morgan fingerprint density at radius 1 is 1.12 bits per heavy atom. The number of anilines is 1. The van der Waals surface area contributed by atoms with Gasteiger partial charge < -0.3 is 14.5 Å². The number of hydrogen-bond acceptors (Lipinski definition) is 5. The van der Waals surface area contributed by atoms with E-state index in [1.165, 1.54) is 0 Å². The maximum absolute atomic E-state index is 12.6. The van der Waals surface area contributed by atoms with Gasteiger partial charge in [-0.15, -0.1) is 5.10 Å². The van der Waals surface area contributed by atoms with Crippen molar-refractivity contribution in [3.8, 4) is 0 Å². The summed E-state index contributed by atoms with van der Waals surface area (Å²) in [5.41, 5.74) is 0. The zero-order chi connectivity index (χ0) is 17.1. The Morgan fingerprint density at radius 3 is 2.68 bits per heavy atom. The SMILES string of the molecule is O=C(CC1CCOCC1)N1CCN(c2nncc3ccccc23)CC1. The second-order valence-corrected chi connectivity index (χ2v) is 6.88. The summed E-state index contributed by atoms with van der Waals surface area (Å²) in [6.07, 6.45) is 4.48. The maximum Gasteiger partial charge on any atom is 0.222 e. The lowest BCUT2D eigenvalue weighted by atomic mass is 9.96. The van der Waals surface area contributed by atoms with Crippen LogP contribution in [0.15, 0.2) is 30.5 Å². The molecule has 1 amide bonds. The predicted octanol–water partition coefficient (Wildman–Crippen LogP) is 2.10. The number of rotatable bonds is 3. The lowest BCUT2D eigenvalue weighted by Gasteiger charge is -2.36. The van der Waals surface area contributed by atoms with Gasteiger partial charge in [-0.1, -0.05) is 24.3 Å². The number of carbonyl (C=O) groups is 1. The molecule has 0 atom stereocenters. The van der Waals surface area contributed by atoms with E-state index in [0.717, 1.165) is 68.8 Å². The van der Waals surface area contributed by atoms with E-state index >= 15 is 0 Å². The molecule has 1 aromatic heterocycles. The molecule has 0 saturated carbocycles. The first-order valence-corrected chi connectivity index (χ1v) is 9.12. The van der Waals surface area contributed by atoms with Gasteiger partial charge in [0.2, 0.25) is 5.91 Å². The third-order valence-corrected chi connectivity index (χ3v) is 5.29. The van der Waals surface area contributed by atoms with Gasteiger partial charge in [-0.2, -0.15) is 5.10 Å². The molecule has 3 heterocycles. The summed E-state index contributed by atoms with van der Waals surface area (Å²) >= 11 is 0. The van der Waals surface area contributed by atoms with Gasteiger partial charge >= 0.3 is 0 Å². The molecule has 2 aromatic rings. The monoisotopic (exact) mass is 340 g/mol. The molecule has 25 heavy (non-hydrogen) atoms. The highest BCUT2D eigenvalue weighted by atomic mass is 16.5. The molecule has 1 aromatic carbocycles. The summed E-state index contributed by atoms with van der Waals surface area (Å²) in [5.74, 6) is 1.70. The van der Waals surface area contributed by atoms with Gasteiger partial charge in [0, 0.05) is 56.6 Å². The van der Waals surface area contributed by atoms with Crippen molar-refractivity contribution in [1.29, 1.82) is 0 Å². The molecule has 2 fully saturated rings. The van der Waals surface area contributed by atoms with E-state index in [9.17, 15) is 4.79 Å². The van der Waals surface area contributed by atoms with Crippen LogP contribution in [0.4, 0.5) is 5.82 Å². The molecule has 0 unspecified atom stereocenters. The van der Waals surface area contributed by atoms with Crippen LogP contribution in [0.2, 0.25) is 0 Å². The summed E-state index contributed by atoms with van der Waals surface area (Å²) in [6, 6.07) is 8.19. The highest BCUT2D eigenvalue weighted by molar-refractivity contribution is 5.91.